The largest absolute Gasteiger partial charge is 0.467 e. The second-order valence-electron chi connectivity index (χ2n) is 6.54. The summed E-state index contributed by atoms with van der Waals surface area (Å²) in [6, 6.07) is 2.98. The molecule has 7 nitrogen and oxygen atoms in total. The number of nitrogens with zero attached hydrogens (tertiary/aromatic N) is 3. The fourth-order valence-corrected chi connectivity index (χ4v) is 3.22. The van der Waals surface area contributed by atoms with Crippen molar-refractivity contribution in [1.29, 1.82) is 0 Å². The number of hydrogen-bond acceptors (Lipinski definition) is 4. The standard InChI is InChI=1S/C19H26FN5O2/c1-12-17(13(2)25(4)24-12)9-23-19(21-3)22-6-5-14-7-16(20)8-15-10-26-11-27-18(14)15/h7-8H,5-6,9-11H2,1-4H3,(H2,21,22,23). The van der Waals surface area contributed by atoms with Crippen LogP contribution in [0.5, 0.6) is 5.75 Å². The predicted octanol–water partition coefficient (Wildman–Crippen LogP) is 1.95. The smallest absolute Gasteiger partial charge is 0.191 e. The maximum atomic E-state index is 13.8. The third-order valence-corrected chi connectivity index (χ3v) is 4.75. The van der Waals surface area contributed by atoms with Gasteiger partial charge in [0.25, 0.3) is 0 Å². The molecule has 0 radical (unpaired) electrons. The average Bonchev–Trinajstić information content (AvgIpc) is 2.89. The van der Waals surface area contributed by atoms with Gasteiger partial charge in [-0.2, -0.15) is 5.10 Å². The molecule has 2 heterocycles. The fraction of sp³-hybridized carbons (Fsp3) is 0.474. The summed E-state index contributed by atoms with van der Waals surface area (Å²) in [4.78, 5) is 4.25. The first-order valence-electron chi connectivity index (χ1n) is 8.95. The van der Waals surface area contributed by atoms with Gasteiger partial charge in [0, 0.05) is 44.0 Å². The van der Waals surface area contributed by atoms with Crippen molar-refractivity contribution in [2.75, 3.05) is 20.4 Å². The quantitative estimate of drug-likeness (QED) is 0.617. The number of guanidine groups is 1. The lowest BCUT2D eigenvalue weighted by molar-refractivity contribution is -0.0172. The van der Waals surface area contributed by atoms with Gasteiger partial charge in [0.15, 0.2) is 12.8 Å². The van der Waals surface area contributed by atoms with E-state index in [1.807, 2.05) is 25.6 Å². The predicted molar refractivity (Wildman–Crippen MR) is 101 cm³/mol. The average molecular weight is 375 g/mol. The molecule has 2 aromatic rings. The topological polar surface area (TPSA) is 72.7 Å². The van der Waals surface area contributed by atoms with Gasteiger partial charge in [0.05, 0.1) is 12.3 Å². The van der Waals surface area contributed by atoms with Crippen molar-refractivity contribution < 1.29 is 13.9 Å². The molecule has 1 aromatic carbocycles. The van der Waals surface area contributed by atoms with E-state index in [4.69, 9.17) is 9.47 Å². The number of fused-ring (bicyclic) bond motifs is 1. The van der Waals surface area contributed by atoms with E-state index in [9.17, 15) is 4.39 Å². The Kier molecular flexibility index (Phi) is 5.95. The fourth-order valence-electron chi connectivity index (χ4n) is 3.22. The molecule has 0 fully saturated rings. The monoisotopic (exact) mass is 375 g/mol. The van der Waals surface area contributed by atoms with Crippen molar-refractivity contribution >= 4 is 5.96 Å². The van der Waals surface area contributed by atoms with E-state index in [2.05, 4.69) is 20.7 Å². The van der Waals surface area contributed by atoms with E-state index in [1.165, 1.54) is 12.1 Å². The van der Waals surface area contributed by atoms with Gasteiger partial charge in [-0.25, -0.2) is 4.39 Å². The van der Waals surface area contributed by atoms with Crippen molar-refractivity contribution in [2.24, 2.45) is 12.0 Å². The Morgan fingerprint density at radius 1 is 1.33 bits per heavy atom. The van der Waals surface area contributed by atoms with Crippen LogP contribution in [0, 0.1) is 19.7 Å². The van der Waals surface area contributed by atoms with Gasteiger partial charge in [-0.1, -0.05) is 0 Å². The first-order valence-corrected chi connectivity index (χ1v) is 8.95. The minimum absolute atomic E-state index is 0.200. The number of aliphatic imine (C=N–C) groups is 1. The van der Waals surface area contributed by atoms with Gasteiger partial charge in [-0.15, -0.1) is 0 Å². The Balaban J connectivity index is 1.57. The first kappa shape index (κ1) is 19.2. The summed E-state index contributed by atoms with van der Waals surface area (Å²) in [5.41, 5.74) is 4.87. The van der Waals surface area contributed by atoms with Gasteiger partial charge in [-0.05, 0) is 38.0 Å². The zero-order chi connectivity index (χ0) is 19.4. The molecule has 0 atom stereocenters. The van der Waals surface area contributed by atoms with E-state index in [1.54, 1.807) is 7.05 Å². The number of aryl methyl sites for hydroxylation is 2. The number of hydrogen-bond donors (Lipinski definition) is 2. The molecule has 0 unspecified atom stereocenters. The van der Waals surface area contributed by atoms with Crippen LogP contribution in [0.3, 0.4) is 0 Å². The Bertz CT molecular complexity index is 847. The molecule has 0 bridgehead atoms. The number of aromatic nitrogens is 2. The summed E-state index contributed by atoms with van der Waals surface area (Å²) >= 11 is 0. The molecule has 0 saturated heterocycles. The summed E-state index contributed by atoms with van der Waals surface area (Å²) < 4.78 is 26.5. The molecule has 0 spiro atoms. The highest BCUT2D eigenvalue weighted by molar-refractivity contribution is 5.79. The minimum Gasteiger partial charge on any atom is -0.467 e. The maximum absolute atomic E-state index is 13.8. The second kappa shape index (κ2) is 8.39. The van der Waals surface area contributed by atoms with E-state index in [0.29, 0.717) is 32.1 Å². The van der Waals surface area contributed by atoms with Gasteiger partial charge in [-0.3, -0.25) is 9.67 Å². The van der Waals surface area contributed by atoms with E-state index in [0.717, 1.165) is 33.8 Å². The molecule has 3 rings (SSSR count). The number of benzene rings is 1. The van der Waals surface area contributed by atoms with Crippen LogP contribution in [0.4, 0.5) is 4.39 Å². The van der Waals surface area contributed by atoms with Crippen LogP contribution < -0.4 is 15.4 Å². The Labute approximate surface area is 158 Å². The molecule has 2 N–H and O–H groups in total. The second-order valence-corrected chi connectivity index (χ2v) is 6.54. The van der Waals surface area contributed by atoms with Crippen molar-refractivity contribution in [2.45, 2.75) is 33.4 Å². The summed E-state index contributed by atoms with van der Waals surface area (Å²) in [5.74, 6) is 1.14. The van der Waals surface area contributed by atoms with Gasteiger partial charge in [0.2, 0.25) is 0 Å². The zero-order valence-electron chi connectivity index (χ0n) is 16.2. The van der Waals surface area contributed by atoms with E-state index < -0.39 is 0 Å². The van der Waals surface area contributed by atoms with Crippen LogP contribution in [0.15, 0.2) is 17.1 Å². The third kappa shape index (κ3) is 4.39. The molecule has 146 valence electrons. The number of nitrogens with one attached hydrogen (secondary N) is 2. The van der Waals surface area contributed by atoms with Crippen molar-refractivity contribution in [3.05, 3.63) is 46.0 Å². The molecular formula is C19H26FN5O2. The van der Waals surface area contributed by atoms with Crippen molar-refractivity contribution in [1.82, 2.24) is 20.4 Å². The molecule has 1 aliphatic rings. The zero-order valence-corrected chi connectivity index (χ0v) is 16.2. The first-order chi connectivity index (χ1) is 13.0. The van der Waals surface area contributed by atoms with Gasteiger partial charge in [0.1, 0.15) is 11.6 Å². The van der Waals surface area contributed by atoms with Crippen LogP contribution in [0.1, 0.15) is 28.1 Å². The summed E-state index contributed by atoms with van der Waals surface area (Å²) in [7, 11) is 3.66. The Morgan fingerprint density at radius 3 is 2.85 bits per heavy atom. The molecule has 0 saturated carbocycles. The lowest BCUT2D eigenvalue weighted by Crippen LogP contribution is -2.38. The molecule has 8 heteroatoms. The number of rotatable bonds is 5. The maximum Gasteiger partial charge on any atom is 0.191 e. The molecule has 1 aromatic heterocycles. The Hall–Kier alpha value is -2.61. The van der Waals surface area contributed by atoms with Gasteiger partial charge >= 0.3 is 0 Å². The molecule has 1 aliphatic heterocycles. The van der Waals surface area contributed by atoms with Crippen molar-refractivity contribution in [3.63, 3.8) is 0 Å². The highest BCUT2D eigenvalue weighted by Gasteiger charge is 2.17. The van der Waals surface area contributed by atoms with Crippen LogP contribution in [-0.2, 0) is 31.4 Å². The van der Waals surface area contributed by atoms with Crippen molar-refractivity contribution in [3.8, 4) is 5.75 Å². The summed E-state index contributed by atoms with van der Waals surface area (Å²) in [6.45, 7) is 5.86. The normalized spacial score (nSPS) is 13.9. The van der Waals surface area contributed by atoms with Gasteiger partial charge < -0.3 is 20.1 Å². The van der Waals surface area contributed by atoms with Crippen LogP contribution >= 0.6 is 0 Å². The highest BCUT2D eigenvalue weighted by atomic mass is 19.1. The number of ether oxygens (including phenoxy) is 2. The van der Waals surface area contributed by atoms with Crippen LogP contribution in [0.25, 0.3) is 0 Å². The Morgan fingerprint density at radius 2 is 2.15 bits per heavy atom. The lowest BCUT2D eigenvalue weighted by Gasteiger charge is -2.21. The molecule has 0 aliphatic carbocycles. The molecule has 27 heavy (non-hydrogen) atoms. The SMILES string of the molecule is CN=C(NCCc1cc(F)cc2c1OCOC2)NCc1c(C)nn(C)c1C. The van der Waals surface area contributed by atoms with E-state index >= 15 is 0 Å². The minimum atomic E-state index is -0.275. The van der Waals surface area contributed by atoms with Crippen LogP contribution in [-0.4, -0.2) is 36.1 Å². The molecule has 0 amide bonds. The van der Waals surface area contributed by atoms with Crippen LogP contribution in [0.2, 0.25) is 0 Å². The van der Waals surface area contributed by atoms with E-state index in [-0.39, 0.29) is 12.6 Å². The summed E-state index contributed by atoms with van der Waals surface area (Å²) in [6.07, 6.45) is 0.617. The third-order valence-electron chi connectivity index (χ3n) is 4.75. The number of halogens is 1. The lowest BCUT2D eigenvalue weighted by atomic mass is 10.1. The highest BCUT2D eigenvalue weighted by Crippen LogP contribution is 2.29. The molecular weight excluding hydrogens is 349 g/mol. The summed E-state index contributed by atoms with van der Waals surface area (Å²) in [5, 5.41) is 11.0.